The number of Topliss-reactive ketones (excluding diaryl/α,β-unsaturated/α-hetero) is 1. The number of hydrogen-bond acceptors (Lipinski definition) is 10. The molecule has 4 aliphatic rings. The van der Waals surface area contributed by atoms with Crippen LogP contribution in [0.2, 0.25) is 0 Å². The Morgan fingerprint density at radius 3 is 0.918 bits per heavy atom. The van der Waals surface area contributed by atoms with Crippen LogP contribution in [0, 0.1) is 11.8 Å². The first-order chi connectivity index (χ1) is 40.2. The van der Waals surface area contributed by atoms with Gasteiger partial charge < -0.3 is 37.2 Å². The van der Waals surface area contributed by atoms with E-state index in [1.807, 2.05) is 20.8 Å². The fourth-order valence-corrected chi connectivity index (χ4v) is 12.3. The number of carbonyl (C=O) groups excluding carboxylic acids is 8. The lowest BCUT2D eigenvalue weighted by atomic mass is 10.0. The van der Waals surface area contributed by atoms with Crippen molar-refractivity contribution >= 4 is 87.5 Å². The number of nitrogens with one attached hydrogen (secondary N) is 3. The van der Waals surface area contributed by atoms with Crippen molar-refractivity contribution in [2.24, 2.45) is 23.3 Å². The van der Waals surface area contributed by atoms with Crippen LogP contribution in [0.1, 0.15) is 299 Å². The number of primary amides is 2. The number of nitrogens with two attached hydrogens (primary N) is 2. The maximum atomic E-state index is 12.0. The average Bonchev–Trinajstić information content (AvgIpc) is 3.93. The second kappa shape index (κ2) is 61.4. The minimum absolute atomic E-state index is 0. The molecule has 4 rings (SSSR count). The molecule has 0 aromatic rings. The first kappa shape index (κ1) is 86.3. The summed E-state index contributed by atoms with van der Waals surface area (Å²) in [6.07, 6.45) is 56.3. The van der Waals surface area contributed by atoms with E-state index in [4.69, 9.17) is 11.5 Å². The largest absolute Gasteiger partial charge is 0.368 e. The zero-order chi connectivity index (χ0) is 61.6. The van der Waals surface area contributed by atoms with E-state index in [1.54, 1.807) is 7.05 Å². The summed E-state index contributed by atoms with van der Waals surface area (Å²) in [7, 11) is 1.54. The van der Waals surface area contributed by atoms with Crippen LogP contribution in [0.4, 0.5) is 0 Å². The summed E-state index contributed by atoms with van der Waals surface area (Å²) in [4.78, 5) is 93.3. The molecule has 0 aromatic heterocycles. The van der Waals surface area contributed by atoms with Crippen molar-refractivity contribution in [2.75, 3.05) is 55.8 Å². The molecule has 0 radical (unpaired) electrons. The number of rotatable bonds is 17. The summed E-state index contributed by atoms with van der Waals surface area (Å²) in [5.74, 6) is -0.809. The Morgan fingerprint density at radius 1 is 0.482 bits per heavy atom. The van der Waals surface area contributed by atoms with Gasteiger partial charge in [-0.2, -0.15) is 12.6 Å². The number of thiol groups is 1. The molecule has 2 saturated carbocycles. The number of amides is 7. The third-order valence-corrected chi connectivity index (χ3v) is 18.1. The summed E-state index contributed by atoms with van der Waals surface area (Å²) >= 11 is 8.10. The number of alkyl halides is 1. The maximum Gasteiger partial charge on any atom is 0.240 e. The second-order valence-electron chi connectivity index (χ2n) is 23.6. The second-order valence-corrected chi connectivity index (χ2v) is 25.4. The van der Waals surface area contributed by atoms with E-state index in [0.717, 1.165) is 0 Å². The lowest BCUT2D eigenvalue weighted by molar-refractivity contribution is -0.136. The smallest absolute Gasteiger partial charge is 0.240 e. The van der Waals surface area contributed by atoms with Crippen LogP contribution < -0.4 is 27.4 Å². The number of hydrogen-bond donors (Lipinski definition) is 6. The van der Waals surface area contributed by atoms with Gasteiger partial charge in [0.05, 0.1) is 22.6 Å². The van der Waals surface area contributed by atoms with Gasteiger partial charge in [0.1, 0.15) is 17.9 Å². The zero-order valence-electron chi connectivity index (χ0n) is 53.0. The van der Waals surface area contributed by atoms with Crippen molar-refractivity contribution < 1.29 is 38.4 Å². The highest BCUT2D eigenvalue weighted by molar-refractivity contribution is 9.09. The summed E-state index contributed by atoms with van der Waals surface area (Å²) in [5.41, 5.74) is 10.6. The average molecular weight is 1310 g/mol. The van der Waals surface area contributed by atoms with Crippen LogP contribution in [-0.2, 0) is 38.4 Å². The highest BCUT2D eigenvalue weighted by Gasteiger charge is 2.37. The van der Waals surface area contributed by atoms with Gasteiger partial charge in [0.2, 0.25) is 41.4 Å². The van der Waals surface area contributed by atoms with Gasteiger partial charge in [-0.25, -0.2) is 0 Å². The van der Waals surface area contributed by atoms with Crippen molar-refractivity contribution in [2.45, 2.75) is 311 Å². The molecular weight excluding hydrogens is 1170 g/mol. The minimum Gasteiger partial charge on any atom is -0.368 e. The maximum absolute atomic E-state index is 12.0. The highest BCUT2D eigenvalue weighted by atomic mass is 79.9. The molecule has 4 fully saturated rings. The molecule has 500 valence electrons. The molecule has 18 heteroatoms. The Balaban J connectivity index is -0.00000102. The molecule has 4 atom stereocenters. The zero-order valence-corrected chi connectivity index (χ0v) is 56.3. The number of ketones is 1. The van der Waals surface area contributed by atoms with E-state index in [2.05, 4.69) is 44.5 Å². The molecule has 2 unspecified atom stereocenters. The molecule has 2 aliphatic carbocycles. The quantitative estimate of drug-likeness (QED) is 0.0600. The van der Waals surface area contributed by atoms with Crippen LogP contribution in [0.15, 0.2) is 0 Å². The molecular formula is C67H130BrN7O8S2. The third kappa shape index (κ3) is 49.7. The first-order valence-electron chi connectivity index (χ1n) is 33.4. The van der Waals surface area contributed by atoms with E-state index in [1.165, 1.54) is 253 Å². The molecule has 85 heavy (non-hydrogen) atoms. The Hall–Kier alpha value is -2.86. The van der Waals surface area contributed by atoms with Crippen LogP contribution in [0.3, 0.4) is 0 Å². The van der Waals surface area contributed by atoms with E-state index < -0.39 is 23.9 Å². The Morgan fingerprint density at radius 2 is 0.729 bits per heavy atom. The van der Waals surface area contributed by atoms with Gasteiger partial charge in [-0.1, -0.05) is 283 Å². The third-order valence-electron chi connectivity index (χ3n) is 16.3. The molecule has 0 spiro atoms. The molecule has 7 amide bonds. The molecule has 0 aromatic carbocycles. The number of halogens is 1. The SMILES string of the molecule is C.C.C1CCCCCCCCCCCCCCCCC1.C1CCCCCCCCCCCCCCCCC1.CCC(=O)CBr.CC[C@@H](C(N)=O)N1CC(CNC(=O)CS)CC1=O.CC[C@@H](C(N)=O)N1CC(CNC(=O)CSCC(=O)NC)CC1=O. The van der Waals surface area contributed by atoms with E-state index >= 15 is 0 Å². The van der Waals surface area contributed by atoms with Gasteiger partial charge >= 0.3 is 0 Å². The van der Waals surface area contributed by atoms with Gasteiger partial charge in [0.25, 0.3) is 0 Å². The molecule has 2 aliphatic heterocycles. The molecule has 15 nitrogen and oxygen atoms in total. The van der Waals surface area contributed by atoms with Gasteiger partial charge in [-0.15, -0.1) is 11.8 Å². The summed E-state index contributed by atoms with van der Waals surface area (Å²) in [6.45, 7) is 7.16. The van der Waals surface area contributed by atoms with Crippen LogP contribution in [0.5, 0.6) is 0 Å². The molecule has 2 saturated heterocycles. The topological polar surface area (TPSA) is 231 Å². The lowest BCUT2D eigenvalue weighted by Gasteiger charge is -2.24. The lowest BCUT2D eigenvalue weighted by Crippen LogP contribution is -2.45. The predicted octanol–water partition coefficient (Wildman–Crippen LogP) is 14.5. The van der Waals surface area contributed by atoms with Gasteiger partial charge in [-0.3, -0.25) is 38.4 Å². The Kier molecular flexibility index (Phi) is 62.4. The summed E-state index contributed by atoms with van der Waals surface area (Å²) in [5, 5.41) is 8.43. The van der Waals surface area contributed by atoms with Crippen molar-refractivity contribution in [3.8, 4) is 0 Å². The highest BCUT2D eigenvalue weighted by Crippen LogP contribution is 2.23. The van der Waals surface area contributed by atoms with E-state index in [0.29, 0.717) is 63.6 Å². The fourth-order valence-electron chi connectivity index (χ4n) is 11.0. The standard InChI is InChI=1S/2C18H36.C14H24N4O4S.C11H19N3O3S.C4H7BrO.2CH4/c2*1-2-4-6-8-10-12-14-16-18-17-15-13-11-9-7-5-3-1;1-3-10(14(15)22)18-6-9(4-13(18)21)5-17-12(20)8-23-7-11(19)16-2;1-2-8(11(12)17)14-5-7(3-10(14)16)4-13-9(15)6-18;1-2-4(6)3-5;;/h2*1-18H2;9-10H,3-8H2,1-2H3,(H2,15,22)(H,16,19)(H,17,20);7-8,18H,2-6H2,1H3,(H2,12,17)(H,13,15);2-3H2,1H3;2*1H4/t;;9?,10-;7?,8-;;;/m..00.../s1. The van der Waals surface area contributed by atoms with Crippen molar-refractivity contribution in [1.82, 2.24) is 25.8 Å². The van der Waals surface area contributed by atoms with Crippen molar-refractivity contribution in [3.05, 3.63) is 0 Å². The van der Waals surface area contributed by atoms with Gasteiger partial charge in [-0.05, 0) is 12.8 Å². The normalized spacial score (nSPS) is 20.2. The fraction of sp³-hybridized carbons (Fsp3) is 0.881. The monoisotopic (exact) mass is 1300 g/mol. The molecule has 0 bridgehead atoms. The number of likely N-dealkylation sites (tertiary alicyclic amines) is 2. The number of carbonyl (C=O) groups is 8. The minimum atomic E-state index is -0.577. The van der Waals surface area contributed by atoms with Crippen molar-refractivity contribution in [3.63, 3.8) is 0 Å². The Labute approximate surface area is 538 Å². The summed E-state index contributed by atoms with van der Waals surface area (Å²) in [6, 6.07) is -1.12. The number of thioether (sulfide) groups is 1. The van der Waals surface area contributed by atoms with Crippen LogP contribution >= 0.6 is 40.3 Å². The molecule has 7 N–H and O–H groups in total. The summed E-state index contributed by atoms with van der Waals surface area (Å²) < 4.78 is 0. The van der Waals surface area contributed by atoms with Gasteiger partial charge in [0, 0.05) is 64.3 Å². The van der Waals surface area contributed by atoms with E-state index in [9.17, 15) is 38.4 Å². The molecule has 2 heterocycles. The predicted molar refractivity (Wildman–Crippen MR) is 366 cm³/mol. The number of nitrogens with zero attached hydrogens (tertiary/aromatic N) is 2. The van der Waals surface area contributed by atoms with Gasteiger partial charge in [0.15, 0.2) is 0 Å². The van der Waals surface area contributed by atoms with E-state index in [-0.39, 0.29) is 79.3 Å². The Bertz CT molecular complexity index is 1510. The van der Waals surface area contributed by atoms with Crippen molar-refractivity contribution in [1.29, 1.82) is 0 Å². The van der Waals surface area contributed by atoms with Crippen LogP contribution in [-0.4, -0.2) is 125 Å². The first-order valence-corrected chi connectivity index (χ1v) is 36.3. The van der Waals surface area contributed by atoms with Crippen LogP contribution in [0.25, 0.3) is 0 Å².